The van der Waals surface area contributed by atoms with Crippen LogP contribution in [0.5, 0.6) is 0 Å². The zero-order valence-electron chi connectivity index (χ0n) is 16.1. The van der Waals surface area contributed by atoms with Crippen LogP contribution in [0.1, 0.15) is 17.3 Å². The summed E-state index contributed by atoms with van der Waals surface area (Å²) >= 11 is 0. The highest BCUT2D eigenvalue weighted by atomic mass is 19.1. The van der Waals surface area contributed by atoms with Gasteiger partial charge in [0.1, 0.15) is 11.6 Å². The maximum Gasteiger partial charge on any atom is 0.336 e. The van der Waals surface area contributed by atoms with Crippen molar-refractivity contribution in [2.75, 3.05) is 11.9 Å². The van der Waals surface area contributed by atoms with E-state index in [1.165, 1.54) is 24.3 Å². The van der Waals surface area contributed by atoms with Crippen LogP contribution in [0.15, 0.2) is 66.7 Å². The monoisotopic (exact) mass is 404 g/mol. The minimum absolute atomic E-state index is 0.0866. The molecule has 4 rings (SSSR count). The largest absolute Gasteiger partial charge is 0.478 e. The van der Waals surface area contributed by atoms with Crippen LogP contribution >= 0.6 is 0 Å². The average Bonchev–Trinajstić information content (AvgIpc) is 2.73. The number of benzene rings is 3. The number of carbonyl (C=O) groups is 1. The van der Waals surface area contributed by atoms with Gasteiger partial charge in [0.2, 0.25) is 0 Å². The maximum atomic E-state index is 15.0. The highest BCUT2D eigenvalue weighted by Gasteiger charge is 2.16. The number of nitrogens with zero attached hydrogens (tertiary/aromatic N) is 1. The van der Waals surface area contributed by atoms with Crippen LogP contribution in [0.25, 0.3) is 33.3 Å². The molecule has 0 aliphatic carbocycles. The molecule has 0 bridgehead atoms. The molecule has 4 nitrogen and oxygen atoms in total. The van der Waals surface area contributed by atoms with Crippen molar-refractivity contribution >= 4 is 22.6 Å². The van der Waals surface area contributed by atoms with Crippen molar-refractivity contribution in [3.8, 4) is 22.4 Å². The van der Waals surface area contributed by atoms with Crippen molar-refractivity contribution in [3.63, 3.8) is 0 Å². The van der Waals surface area contributed by atoms with Gasteiger partial charge in [-0.25, -0.2) is 18.6 Å². The molecule has 6 heteroatoms. The third-order valence-corrected chi connectivity index (χ3v) is 4.85. The van der Waals surface area contributed by atoms with E-state index >= 15 is 4.39 Å². The zero-order valence-corrected chi connectivity index (χ0v) is 16.1. The molecule has 0 saturated heterocycles. The first kappa shape index (κ1) is 19.5. The average molecular weight is 404 g/mol. The van der Waals surface area contributed by atoms with E-state index in [4.69, 9.17) is 0 Å². The first-order valence-corrected chi connectivity index (χ1v) is 9.44. The van der Waals surface area contributed by atoms with Crippen molar-refractivity contribution < 1.29 is 18.7 Å². The molecule has 0 saturated carbocycles. The highest BCUT2D eigenvalue weighted by molar-refractivity contribution is 6.03. The van der Waals surface area contributed by atoms with Gasteiger partial charge < -0.3 is 10.4 Å². The Morgan fingerprint density at radius 1 is 1.00 bits per heavy atom. The number of rotatable bonds is 5. The van der Waals surface area contributed by atoms with Gasteiger partial charge in [-0.1, -0.05) is 30.3 Å². The zero-order chi connectivity index (χ0) is 21.3. The van der Waals surface area contributed by atoms with Gasteiger partial charge in [-0.3, -0.25) is 0 Å². The Morgan fingerprint density at radius 3 is 2.53 bits per heavy atom. The van der Waals surface area contributed by atoms with Crippen LogP contribution in [0.3, 0.4) is 0 Å². The predicted molar refractivity (Wildman–Crippen MR) is 114 cm³/mol. The smallest absolute Gasteiger partial charge is 0.336 e. The van der Waals surface area contributed by atoms with Crippen LogP contribution in [0.2, 0.25) is 0 Å². The topological polar surface area (TPSA) is 62.2 Å². The van der Waals surface area contributed by atoms with Crippen molar-refractivity contribution in [1.82, 2.24) is 4.98 Å². The molecule has 1 aromatic heterocycles. The third-order valence-electron chi connectivity index (χ3n) is 4.85. The first-order valence-electron chi connectivity index (χ1n) is 9.44. The maximum absolute atomic E-state index is 15.0. The van der Waals surface area contributed by atoms with Gasteiger partial charge in [0.25, 0.3) is 0 Å². The van der Waals surface area contributed by atoms with E-state index in [0.29, 0.717) is 28.9 Å². The summed E-state index contributed by atoms with van der Waals surface area (Å²) in [4.78, 5) is 16.1. The third kappa shape index (κ3) is 3.59. The van der Waals surface area contributed by atoms with Crippen LogP contribution in [-0.2, 0) is 0 Å². The predicted octanol–water partition coefficient (Wildman–Crippen LogP) is 5.98. The molecule has 0 fully saturated rings. The van der Waals surface area contributed by atoms with Crippen LogP contribution in [0, 0.1) is 11.6 Å². The molecule has 0 amide bonds. The summed E-state index contributed by atoms with van der Waals surface area (Å²) in [6.45, 7) is 2.67. The van der Waals surface area contributed by atoms with E-state index in [9.17, 15) is 14.3 Å². The van der Waals surface area contributed by atoms with Gasteiger partial charge in [0, 0.05) is 34.3 Å². The molecule has 150 valence electrons. The summed E-state index contributed by atoms with van der Waals surface area (Å²) < 4.78 is 28.6. The number of aromatic nitrogens is 1. The van der Waals surface area contributed by atoms with Gasteiger partial charge in [-0.15, -0.1) is 0 Å². The van der Waals surface area contributed by atoms with E-state index in [1.807, 2.05) is 31.2 Å². The van der Waals surface area contributed by atoms with E-state index < -0.39 is 17.6 Å². The molecule has 4 aromatic rings. The lowest BCUT2D eigenvalue weighted by molar-refractivity contribution is 0.0699. The Balaban J connectivity index is 1.83. The molecule has 0 spiro atoms. The Kier molecular flexibility index (Phi) is 5.14. The Labute approximate surface area is 171 Å². The molecule has 0 radical (unpaired) electrons. The summed E-state index contributed by atoms with van der Waals surface area (Å²) in [5.41, 5.74) is 2.96. The first-order chi connectivity index (χ1) is 14.5. The Hall–Kier alpha value is -3.80. The molecular formula is C24H18F2N2O2. The van der Waals surface area contributed by atoms with Gasteiger partial charge in [0.15, 0.2) is 0 Å². The minimum Gasteiger partial charge on any atom is -0.478 e. The van der Waals surface area contributed by atoms with Crippen LogP contribution in [-0.4, -0.2) is 22.6 Å². The minimum atomic E-state index is -1.20. The number of hydrogen-bond acceptors (Lipinski definition) is 3. The lowest BCUT2D eigenvalue weighted by Crippen LogP contribution is -2.01. The standard InChI is InChI=1S/C24H18F2N2O2/c1-2-27-21-6-4-3-5-17(21)16-9-7-14(11-20(16)26)23-13-19(24(29)30)18-12-15(25)8-10-22(18)28-23/h3-13,27H,2H2,1H3,(H,29,30). The number of hydrogen-bond donors (Lipinski definition) is 2. The van der Waals surface area contributed by atoms with Crippen molar-refractivity contribution in [2.24, 2.45) is 0 Å². The fourth-order valence-electron chi connectivity index (χ4n) is 3.48. The number of anilines is 1. The van der Waals surface area contributed by atoms with E-state index in [2.05, 4.69) is 10.3 Å². The van der Waals surface area contributed by atoms with Crippen LogP contribution in [0.4, 0.5) is 14.5 Å². The number of nitrogens with one attached hydrogen (secondary N) is 1. The molecule has 0 atom stereocenters. The molecule has 30 heavy (non-hydrogen) atoms. The van der Waals surface area contributed by atoms with Gasteiger partial charge >= 0.3 is 5.97 Å². The lowest BCUT2D eigenvalue weighted by Gasteiger charge is -2.13. The molecule has 0 aliphatic heterocycles. The Bertz CT molecular complexity index is 1270. The van der Waals surface area contributed by atoms with E-state index in [-0.39, 0.29) is 10.9 Å². The van der Waals surface area contributed by atoms with E-state index in [1.54, 1.807) is 12.1 Å². The van der Waals surface area contributed by atoms with Gasteiger partial charge in [0.05, 0.1) is 16.8 Å². The molecular weight excluding hydrogens is 386 g/mol. The lowest BCUT2D eigenvalue weighted by atomic mass is 9.99. The number of pyridine rings is 1. The molecule has 0 aliphatic rings. The van der Waals surface area contributed by atoms with E-state index in [0.717, 1.165) is 17.3 Å². The fraction of sp³-hybridized carbons (Fsp3) is 0.0833. The van der Waals surface area contributed by atoms with Gasteiger partial charge in [-0.05, 0) is 43.3 Å². The molecule has 3 aromatic carbocycles. The summed E-state index contributed by atoms with van der Waals surface area (Å²) in [7, 11) is 0. The fourth-order valence-corrected chi connectivity index (χ4v) is 3.48. The number of halogens is 2. The molecule has 1 heterocycles. The Morgan fingerprint density at radius 2 is 1.80 bits per heavy atom. The second kappa shape index (κ2) is 7.91. The normalized spacial score (nSPS) is 10.9. The van der Waals surface area contributed by atoms with Crippen LogP contribution < -0.4 is 5.32 Å². The molecule has 2 N–H and O–H groups in total. The highest BCUT2D eigenvalue weighted by Crippen LogP contribution is 2.33. The number of para-hydroxylation sites is 1. The second-order valence-corrected chi connectivity index (χ2v) is 6.79. The second-order valence-electron chi connectivity index (χ2n) is 6.79. The number of aromatic carboxylic acids is 1. The quantitative estimate of drug-likeness (QED) is 0.430. The summed E-state index contributed by atoms with van der Waals surface area (Å²) in [5.74, 6) is -2.20. The van der Waals surface area contributed by atoms with Crippen molar-refractivity contribution in [3.05, 3.63) is 83.9 Å². The summed E-state index contributed by atoms with van der Waals surface area (Å²) in [5, 5.41) is 13.0. The summed E-state index contributed by atoms with van der Waals surface area (Å²) in [6.07, 6.45) is 0. The summed E-state index contributed by atoms with van der Waals surface area (Å²) in [6, 6.07) is 17.2. The molecule has 0 unspecified atom stereocenters. The number of carboxylic acid groups (broad SMARTS) is 1. The van der Waals surface area contributed by atoms with Crippen molar-refractivity contribution in [2.45, 2.75) is 6.92 Å². The SMILES string of the molecule is CCNc1ccccc1-c1ccc(-c2cc(C(=O)O)c3cc(F)ccc3n2)cc1F. The van der Waals surface area contributed by atoms with Gasteiger partial charge in [-0.2, -0.15) is 0 Å². The number of carboxylic acids is 1. The van der Waals surface area contributed by atoms with Crippen molar-refractivity contribution in [1.29, 1.82) is 0 Å². The number of fused-ring (bicyclic) bond motifs is 1.